The normalized spacial score (nSPS) is 14.7. The molecule has 0 aliphatic carbocycles. The Bertz CT molecular complexity index is 164. The van der Waals surface area contributed by atoms with Crippen molar-refractivity contribution >= 4 is 0 Å². The van der Waals surface area contributed by atoms with E-state index in [4.69, 9.17) is 18.9 Å². The Morgan fingerprint density at radius 2 is 1.56 bits per heavy atom. The maximum absolute atomic E-state index is 5.63. The highest BCUT2D eigenvalue weighted by Crippen LogP contribution is 2.08. The van der Waals surface area contributed by atoms with Crippen molar-refractivity contribution < 1.29 is 18.9 Å². The molecule has 2 atom stereocenters. The number of rotatable bonds is 13. The second kappa shape index (κ2) is 13.3. The van der Waals surface area contributed by atoms with Crippen LogP contribution in [0.2, 0.25) is 0 Å². The molecule has 0 fully saturated rings. The Labute approximate surface area is 112 Å². The molecule has 0 heterocycles. The first-order chi connectivity index (χ1) is 8.78. The van der Waals surface area contributed by atoms with Gasteiger partial charge >= 0.3 is 0 Å². The molecule has 0 aliphatic rings. The second-order valence-electron chi connectivity index (χ2n) is 4.41. The van der Waals surface area contributed by atoms with Gasteiger partial charge in [-0.05, 0) is 12.8 Å². The molecule has 0 saturated carbocycles. The van der Waals surface area contributed by atoms with Crippen molar-refractivity contribution in [1.82, 2.24) is 0 Å². The average Bonchev–Trinajstić information content (AvgIpc) is 2.40. The Morgan fingerprint density at radius 3 is 2.11 bits per heavy atom. The predicted octanol–water partition coefficient (Wildman–Crippen LogP) is 3.00. The van der Waals surface area contributed by atoms with Crippen LogP contribution in [0, 0.1) is 0 Å². The molecule has 0 rings (SSSR count). The molecular weight excluding hydrogens is 232 g/mol. The van der Waals surface area contributed by atoms with Crippen molar-refractivity contribution in [3.05, 3.63) is 0 Å². The molecule has 0 radical (unpaired) electrons. The van der Waals surface area contributed by atoms with Crippen molar-refractivity contribution in [2.24, 2.45) is 0 Å². The first kappa shape index (κ1) is 17.8. The van der Waals surface area contributed by atoms with Crippen LogP contribution in [-0.2, 0) is 18.9 Å². The highest BCUT2D eigenvalue weighted by Gasteiger charge is 2.16. The summed E-state index contributed by atoms with van der Waals surface area (Å²) in [4.78, 5) is 0. The lowest BCUT2D eigenvalue weighted by Gasteiger charge is -2.22. The van der Waals surface area contributed by atoms with Crippen LogP contribution in [0.3, 0.4) is 0 Å². The summed E-state index contributed by atoms with van der Waals surface area (Å²) in [5.74, 6) is 0. The molecule has 4 heteroatoms. The van der Waals surface area contributed by atoms with Crippen LogP contribution in [0.1, 0.15) is 46.0 Å². The summed E-state index contributed by atoms with van der Waals surface area (Å²) in [6, 6.07) is 0. The molecule has 0 N–H and O–H groups in total. The van der Waals surface area contributed by atoms with Gasteiger partial charge in [0.1, 0.15) is 0 Å². The largest absolute Gasteiger partial charge is 0.379 e. The fraction of sp³-hybridized carbons (Fsp3) is 1.00. The maximum atomic E-state index is 5.63. The average molecular weight is 262 g/mol. The van der Waals surface area contributed by atoms with Gasteiger partial charge in [0, 0.05) is 33.9 Å². The summed E-state index contributed by atoms with van der Waals surface area (Å²) in [6.45, 7) is 6.44. The minimum absolute atomic E-state index is 0.0356. The van der Waals surface area contributed by atoms with Gasteiger partial charge in [0.05, 0.1) is 12.7 Å². The van der Waals surface area contributed by atoms with Gasteiger partial charge in [0.15, 0.2) is 6.29 Å². The van der Waals surface area contributed by atoms with Crippen molar-refractivity contribution in [1.29, 1.82) is 0 Å². The molecule has 4 nitrogen and oxygen atoms in total. The van der Waals surface area contributed by atoms with Gasteiger partial charge in [-0.15, -0.1) is 0 Å². The summed E-state index contributed by atoms with van der Waals surface area (Å²) in [7, 11) is 3.37. The standard InChI is InChI=1S/C14H30O4/c1-5-7-9-17-12-13(15-3)11-14(16-4)18-10-8-6-2/h13-14H,5-12H2,1-4H3/t13?,14-/m0/s1. The summed E-state index contributed by atoms with van der Waals surface area (Å²) in [5, 5.41) is 0. The fourth-order valence-corrected chi connectivity index (χ4v) is 1.50. The highest BCUT2D eigenvalue weighted by atomic mass is 16.7. The van der Waals surface area contributed by atoms with Crippen molar-refractivity contribution in [3.8, 4) is 0 Å². The van der Waals surface area contributed by atoms with E-state index in [1.54, 1.807) is 14.2 Å². The molecule has 0 saturated heterocycles. The smallest absolute Gasteiger partial charge is 0.159 e. The maximum Gasteiger partial charge on any atom is 0.159 e. The Kier molecular flexibility index (Phi) is 13.2. The van der Waals surface area contributed by atoms with Gasteiger partial charge in [-0.1, -0.05) is 26.7 Å². The van der Waals surface area contributed by atoms with Crippen LogP contribution in [0.4, 0.5) is 0 Å². The molecule has 0 aromatic heterocycles. The molecule has 0 aromatic carbocycles. The van der Waals surface area contributed by atoms with E-state index in [2.05, 4.69) is 13.8 Å². The van der Waals surface area contributed by atoms with E-state index in [0.29, 0.717) is 13.0 Å². The number of hydrogen-bond donors (Lipinski definition) is 0. The van der Waals surface area contributed by atoms with Crippen molar-refractivity contribution in [2.75, 3.05) is 34.0 Å². The molecule has 0 bridgehead atoms. The van der Waals surface area contributed by atoms with E-state index in [1.807, 2.05) is 0 Å². The third-order valence-electron chi connectivity index (χ3n) is 2.80. The molecule has 1 unspecified atom stereocenters. The molecule has 0 amide bonds. The number of unbranched alkanes of at least 4 members (excludes halogenated alkanes) is 2. The molecular formula is C14H30O4. The van der Waals surface area contributed by atoms with Crippen LogP contribution in [0.25, 0.3) is 0 Å². The van der Waals surface area contributed by atoms with Crippen molar-refractivity contribution in [2.45, 2.75) is 58.3 Å². The lowest BCUT2D eigenvalue weighted by atomic mass is 10.2. The first-order valence-electron chi connectivity index (χ1n) is 7.03. The van der Waals surface area contributed by atoms with Gasteiger partial charge in [0.25, 0.3) is 0 Å². The Balaban J connectivity index is 3.76. The molecule has 0 aromatic rings. The highest BCUT2D eigenvalue weighted by molar-refractivity contribution is 4.59. The number of hydrogen-bond acceptors (Lipinski definition) is 4. The van der Waals surface area contributed by atoms with Gasteiger partial charge in [0.2, 0.25) is 0 Å². The minimum atomic E-state index is -0.198. The quantitative estimate of drug-likeness (QED) is 0.378. The van der Waals surface area contributed by atoms with E-state index in [1.165, 1.54) is 0 Å². The van der Waals surface area contributed by atoms with E-state index < -0.39 is 0 Å². The minimum Gasteiger partial charge on any atom is -0.379 e. The van der Waals surface area contributed by atoms with E-state index >= 15 is 0 Å². The van der Waals surface area contributed by atoms with E-state index in [-0.39, 0.29) is 12.4 Å². The molecule has 0 spiro atoms. The van der Waals surface area contributed by atoms with Gasteiger partial charge in [-0.3, -0.25) is 0 Å². The fourth-order valence-electron chi connectivity index (χ4n) is 1.50. The van der Waals surface area contributed by atoms with E-state index in [0.717, 1.165) is 38.9 Å². The topological polar surface area (TPSA) is 36.9 Å². The Morgan fingerprint density at radius 1 is 0.889 bits per heavy atom. The van der Waals surface area contributed by atoms with Crippen LogP contribution < -0.4 is 0 Å². The Hall–Kier alpha value is -0.160. The summed E-state index contributed by atoms with van der Waals surface area (Å²) in [5.41, 5.74) is 0. The van der Waals surface area contributed by atoms with Crippen molar-refractivity contribution in [3.63, 3.8) is 0 Å². The molecule has 110 valence electrons. The van der Waals surface area contributed by atoms with Gasteiger partial charge in [-0.25, -0.2) is 0 Å². The second-order valence-corrected chi connectivity index (χ2v) is 4.41. The zero-order chi connectivity index (χ0) is 13.6. The summed E-state index contributed by atoms with van der Waals surface area (Å²) >= 11 is 0. The zero-order valence-corrected chi connectivity index (χ0v) is 12.4. The predicted molar refractivity (Wildman–Crippen MR) is 72.8 cm³/mol. The third-order valence-corrected chi connectivity index (χ3v) is 2.80. The first-order valence-corrected chi connectivity index (χ1v) is 7.03. The van der Waals surface area contributed by atoms with Crippen LogP contribution in [0.5, 0.6) is 0 Å². The lowest BCUT2D eigenvalue weighted by molar-refractivity contribution is -0.150. The van der Waals surface area contributed by atoms with Crippen LogP contribution in [-0.4, -0.2) is 46.4 Å². The number of methoxy groups -OCH3 is 2. The zero-order valence-electron chi connectivity index (χ0n) is 12.4. The van der Waals surface area contributed by atoms with Gasteiger partial charge in [-0.2, -0.15) is 0 Å². The van der Waals surface area contributed by atoms with Crippen LogP contribution in [0.15, 0.2) is 0 Å². The summed E-state index contributed by atoms with van der Waals surface area (Å²) in [6.07, 6.45) is 4.98. The third kappa shape index (κ3) is 9.83. The SMILES string of the molecule is CCCCOCC(C[C@@H](OC)OCCCC)OC. The monoisotopic (exact) mass is 262 g/mol. The van der Waals surface area contributed by atoms with Gasteiger partial charge < -0.3 is 18.9 Å². The van der Waals surface area contributed by atoms with E-state index in [9.17, 15) is 0 Å². The molecule has 0 aliphatic heterocycles. The number of ether oxygens (including phenoxy) is 4. The summed E-state index contributed by atoms with van der Waals surface area (Å²) < 4.78 is 21.9. The lowest BCUT2D eigenvalue weighted by Crippen LogP contribution is -2.28. The molecule has 18 heavy (non-hydrogen) atoms. The van der Waals surface area contributed by atoms with Crippen LogP contribution >= 0.6 is 0 Å².